The van der Waals surface area contributed by atoms with Crippen LogP contribution in [0.1, 0.15) is 71.6 Å². The molecule has 1 heterocycles. The predicted octanol–water partition coefficient (Wildman–Crippen LogP) is 5.32. The summed E-state index contributed by atoms with van der Waals surface area (Å²) in [5.74, 6) is 0.496. The molecular formula is C20H35ClFNOS. The second-order valence-electron chi connectivity index (χ2n) is 8.62. The van der Waals surface area contributed by atoms with Crippen LogP contribution in [0.2, 0.25) is 0 Å². The van der Waals surface area contributed by atoms with Gasteiger partial charge in [-0.15, -0.1) is 11.6 Å². The summed E-state index contributed by atoms with van der Waals surface area (Å²) in [4.78, 5) is 0. The van der Waals surface area contributed by atoms with Gasteiger partial charge in [0.05, 0.1) is 0 Å². The first kappa shape index (κ1) is 20.2. The van der Waals surface area contributed by atoms with Gasteiger partial charge in [-0.05, 0) is 63.7 Å². The summed E-state index contributed by atoms with van der Waals surface area (Å²) >= 11 is 8.49. The highest BCUT2D eigenvalue weighted by Gasteiger charge is 2.46. The lowest BCUT2D eigenvalue weighted by molar-refractivity contribution is 0.0386. The summed E-state index contributed by atoms with van der Waals surface area (Å²) < 4.78 is 20.8. The minimum atomic E-state index is -0.708. The van der Waals surface area contributed by atoms with Crippen molar-refractivity contribution in [2.45, 2.75) is 105 Å². The topological polar surface area (TPSA) is 21.3 Å². The summed E-state index contributed by atoms with van der Waals surface area (Å²) in [6.07, 6.45) is 9.07. The van der Waals surface area contributed by atoms with Crippen LogP contribution in [0.5, 0.6) is 0 Å². The van der Waals surface area contributed by atoms with E-state index in [1.165, 1.54) is 12.8 Å². The number of ether oxygens (including phenoxy) is 1. The molecule has 0 aromatic carbocycles. The van der Waals surface area contributed by atoms with Crippen LogP contribution in [0, 0.1) is 5.92 Å². The first-order chi connectivity index (χ1) is 12.0. The number of nitrogens with one attached hydrogen (secondary N) is 1. The molecule has 1 aliphatic heterocycles. The number of thioether (sulfide) groups is 1. The van der Waals surface area contributed by atoms with Crippen LogP contribution in [0.25, 0.3) is 0 Å². The average molecular weight is 392 g/mol. The summed E-state index contributed by atoms with van der Waals surface area (Å²) in [5, 5.41) is 4.51. The summed E-state index contributed by atoms with van der Waals surface area (Å²) in [5.41, 5.74) is 0. The molecule has 1 saturated heterocycles. The molecule has 0 bridgehead atoms. The van der Waals surface area contributed by atoms with Crippen LogP contribution in [-0.4, -0.2) is 46.8 Å². The number of halogens is 2. The van der Waals surface area contributed by atoms with Crippen molar-refractivity contribution in [2.75, 3.05) is 13.2 Å². The molecule has 146 valence electrons. The Balaban J connectivity index is 1.64. The molecule has 3 aliphatic rings. The first-order valence-electron chi connectivity index (χ1n) is 10.3. The molecule has 0 aromatic rings. The van der Waals surface area contributed by atoms with E-state index in [1.54, 1.807) is 0 Å². The number of alkyl halides is 2. The van der Waals surface area contributed by atoms with Crippen molar-refractivity contribution in [1.29, 1.82) is 0 Å². The molecule has 25 heavy (non-hydrogen) atoms. The Morgan fingerprint density at radius 1 is 1.08 bits per heavy atom. The van der Waals surface area contributed by atoms with Crippen LogP contribution in [0.3, 0.4) is 0 Å². The molecule has 2 nitrogen and oxygen atoms in total. The maximum atomic E-state index is 14.9. The van der Waals surface area contributed by atoms with E-state index in [0.717, 1.165) is 58.2 Å². The third-order valence-corrected chi connectivity index (χ3v) is 8.86. The molecule has 0 aromatic heterocycles. The quantitative estimate of drug-likeness (QED) is 0.640. The van der Waals surface area contributed by atoms with Gasteiger partial charge >= 0.3 is 0 Å². The fourth-order valence-corrected chi connectivity index (χ4v) is 7.25. The molecule has 3 fully saturated rings. The molecule has 5 heteroatoms. The summed E-state index contributed by atoms with van der Waals surface area (Å²) in [7, 11) is 0. The van der Waals surface area contributed by atoms with E-state index in [4.69, 9.17) is 16.3 Å². The van der Waals surface area contributed by atoms with Gasteiger partial charge in [-0.25, -0.2) is 4.39 Å². The van der Waals surface area contributed by atoms with Gasteiger partial charge in [-0.3, -0.25) is 0 Å². The number of rotatable bonds is 5. The van der Waals surface area contributed by atoms with E-state index in [9.17, 15) is 4.39 Å². The Hall–Kier alpha value is 0.490. The molecular weight excluding hydrogens is 357 g/mol. The molecule has 3 unspecified atom stereocenters. The van der Waals surface area contributed by atoms with Crippen LogP contribution in [0.4, 0.5) is 4.39 Å². The summed E-state index contributed by atoms with van der Waals surface area (Å²) in [6.45, 7) is 5.92. The zero-order valence-corrected chi connectivity index (χ0v) is 17.4. The van der Waals surface area contributed by atoms with Crippen molar-refractivity contribution in [1.82, 2.24) is 5.32 Å². The lowest BCUT2D eigenvalue weighted by atomic mass is 9.73. The van der Waals surface area contributed by atoms with Crippen molar-refractivity contribution < 1.29 is 9.13 Å². The van der Waals surface area contributed by atoms with E-state index in [1.807, 2.05) is 0 Å². The van der Waals surface area contributed by atoms with Gasteiger partial charge in [0, 0.05) is 40.7 Å². The van der Waals surface area contributed by atoms with Gasteiger partial charge in [0.25, 0.3) is 0 Å². The Morgan fingerprint density at radius 2 is 1.76 bits per heavy atom. The molecule has 0 radical (unpaired) electrons. The smallest absolute Gasteiger partial charge is 0.116 e. The molecule has 0 spiro atoms. The third-order valence-electron chi connectivity index (χ3n) is 6.41. The van der Waals surface area contributed by atoms with E-state index in [2.05, 4.69) is 30.9 Å². The fourth-order valence-electron chi connectivity index (χ4n) is 5.02. The van der Waals surface area contributed by atoms with Crippen LogP contribution < -0.4 is 5.32 Å². The third kappa shape index (κ3) is 5.27. The SMILES string of the molecule is CC(C)NC1CCC(C2(SC3CCC(Cl)CC3)CCOCC2)CC1F. The van der Waals surface area contributed by atoms with E-state index in [-0.39, 0.29) is 10.8 Å². The summed E-state index contributed by atoms with van der Waals surface area (Å²) in [6, 6.07) is 0.404. The average Bonchev–Trinajstić information content (AvgIpc) is 2.59. The maximum absolute atomic E-state index is 14.9. The molecule has 2 saturated carbocycles. The van der Waals surface area contributed by atoms with Crippen molar-refractivity contribution in [3.8, 4) is 0 Å². The van der Waals surface area contributed by atoms with Gasteiger partial charge in [-0.1, -0.05) is 13.8 Å². The largest absolute Gasteiger partial charge is 0.381 e. The highest BCUT2D eigenvalue weighted by Crippen LogP contribution is 2.51. The predicted molar refractivity (Wildman–Crippen MR) is 107 cm³/mol. The van der Waals surface area contributed by atoms with Crippen LogP contribution in [-0.2, 0) is 4.74 Å². The van der Waals surface area contributed by atoms with E-state index < -0.39 is 6.17 Å². The molecule has 3 rings (SSSR count). The number of hydrogen-bond donors (Lipinski definition) is 1. The molecule has 1 N–H and O–H groups in total. The molecule has 0 amide bonds. The number of hydrogen-bond acceptors (Lipinski definition) is 3. The molecule has 2 aliphatic carbocycles. The highest BCUT2D eigenvalue weighted by atomic mass is 35.5. The second kappa shape index (κ2) is 9.12. The van der Waals surface area contributed by atoms with Gasteiger partial charge in [-0.2, -0.15) is 11.8 Å². The van der Waals surface area contributed by atoms with E-state index >= 15 is 0 Å². The van der Waals surface area contributed by atoms with Crippen molar-refractivity contribution in [3.63, 3.8) is 0 Å². The minimum absolute atomic E-state index is 0.0461. The Labute approximate surface area is 162 Å². The monoisotopic (exact) mass is 391 g/mol. The van der Waals surface area contributed by atoms with E-state index in [0.29, 0.717) is 22.6 Å². The van der Waals surface area contributed by atoms with Crippen LogP contribution >= 0.6 is 23.4 Å². The zero-order chi connectivity index (χ0) is 17.9. The Kier molecular flexibility index (Phi) is 7.38. The highest BCUT2D eigenvalue weighted by molar-refractivity contribution is 8.01. The van der Waals surface area contributed by atoms with Gasteiger partial charge in [0.2, 0.25) is 0 Å². The van der Waals surface area contributed by atoms with Crippen LogP contribution in [0.15, 0.2) is 0 Å². The van der Waals surface area contributed by atoms with Gasteiger partial charge in [0.1, 0.15) is 6.17 Å². The maximum Gasteiger partial charge on any atom is 0.116 e. The Morgan fingerprint density at radius 3 is 2.36 bits per heavy atom. The lowest BCUT2D eigenvalue weighted by Gasteiger charge is -2.49. The standard InChI is InChI=1S/C20H35ClFNOS/c1-14(2)23-19-8-3-15(13-18(19)22)20(9-11-24-12-10-20)25-17-6-4-16(21)5-7-17/h14-19,23H,3-13H2,1-2H3. The Bertz CT molecular complexity index is 411. The second-order valence-corrected chi connectivity index (χ2v) is 11.0. The minimum Gasteiger partial charge on any atom is -0.381 e. The van der Waals surface area contributed by atoms with Crippen molar-refractivity contribution in [2.24, 2.45) is 5.92 Å². The first-order valence-corrected chi connectivity index (χ1v) is 11.6. The fraction of sp³-hybridized carbons (Fsp3) is 1.00. The lowest BCUT2D eigenvalue weighted by Crippen LogP contribution is -2.51. The normalized spacial score (nSPS) is 39.5. The van der Waals surface area contributed by atoms with Crippen molar-refractivity contribution in [3.05, 3.63) is 0 Å². The molecule has 3 atom stereocenters. The van der Waals surface area contributed by atoms with Gasteiger partial charge < -0.3 is 10.1 Å². The van der Waals surface area contributed by atoms with Crippen molar-refractivity contribution >= 4 is 23.4 Å². The zero-order valence-electron chi connectivity index (χ0n) is 15.8. The van der Waals surface area contributed by atoms with Gasteiger partial charge in [0.15, 0.2) is 0 Å².